The second-order valence-electron chi connectivity index (χ2n) is 12.5. The molecule has 0 amide bonds. The summed E-state index contributed by atoms with van der Waals surface area (Å²) in [5, 5.41) is 10.9. The van der Waals surface area contributed by atoms with E-state index in [1.807, 2.05) is 25.1 Å². The lowest BCUT2D eigenvalue weighted by molar-refractivity contribution is -0.189. The topological polar surface area (TPSA) is 234 Å². The number of esters is 5. The van der Waals surface area contributed by atoms with Crippen LogP contribution < -0.4 is 19.3 Å². The number of ether oxygens (including phenoxy) is 9. The van der Waals surface area contributed by atoms with E-state index in [2.05, 4.69) is 9.72 Å². The van der Waals surface area contributed by atoms with Gasteiger partial charge in [0.25, 0.3) is 5.89 Å². The fraction of sp³-hybridized carbons (Fsp3) is 0.421. The summed E-state index contributed by atoms with van der Waals surface area (Å²) in [7, 11) is 0. The third kappa shape index (κ3) is 12.6. The van der Waals surface area contributed by atoms with Crippen LogP contribution in [0.1, 0.15) is 38.4 Å². The van der Waals surface area contributed by atoms with Gasteiger partial charge in [-0.05, 0) is 36.8 Å². The number of aryl methyl sites for hydroxylation is 1. The highest BCUT2D eigenvalue weighted by Crippen LogP contribution is 2.38. The molecule has 1 aliphatic rings. The van der Waals surface area contributed by atoms with Crippen LogP contribution in [0.5, 0.6) is 11.5 Å². The maximum absolute atomic E-state index is 13.0. The number of oxazole rings is 1. The lowest BCUT2D eigenvalue weighted by atomic mass is 10.2. The molecule has 0 radical (unpaired) electrons. The average molecular weight is 814 g/mol. The van der Waals surface area contributed by atoms with Crippen LogP contribution in [0.25, 0.3) is 22.6 Å². The molecule has 20 heteroatoms. The van der Waals surface area contributed by atoms with Crippen molar-refractivity contribution in [1.29, 1.82) is 0 Å². The number of furan rings is 1. The van der Waals surface area contributed by atoms with E-state index in [0.29, 0.717) is 33.8 Å². The number of benzene rings is 2. The SMILES string of the molecule is CC(=O)OCOC(=O)CN1CCOCCN(CC(=O)OCOC(C)=O)c2cc3oc(-c4ncc(C(O)OCOC(C)=O)o4)cc3cc2OCCOc2cc(C)ccc21. The Hall–Kier alpha value is -6.38. The zero-order valence-electron chi connectivity index (χ0n) is 32.2. The molecule has 1 aliphatic heterocycles. The van der Waals surface area contributed by atoms with Gasteiger partial charge in [0.2, 0.25) is 19.9 Å². The molecule has 3 heterocycles. The van der Waals surface area contributed by atoms with E-state index in [0.717, 1.165) is 5.56 Å². The van der Waals surface area contributed by atoms with Crippen molar-refractivity contribution in [1.82, 2.24) is 4.98 Å². The van der Waals surface area contributed by atoms with Crippen LogP contribution in [0, 0.1) is 6.92 Å². The summed E-state index contributed by atoms with van der Waals surface area (Å²) in [6.45, 7) is 3.94. The number of rotatable bonds is 13. The van der Waals surface area contributed by atoms with Gasteiger partial charge in [0, 0.05) is 45.3 Å². The predicted molar refractivity (Wildman–Crippen MR) is 197 cm³/mol. The molecule has 0 saturated carbocycles. The molecule has 312 valence electrons. The Morgan fingerprint density at radius 3 is 1.93 bits per heavy atom. The average Bonchev–Trinajstić information content (AvgIpc) is 3.82. The molecule has 1 unspecified atom stereocenters. The first kappa shape index (κ1) is 42.8. The minimum Gasteiger partial charge on any atom is -0.488 e. The van der Waals surface area contributed by atoms with Crippen molar-refractivity contribution < 1.29 is 80.5 Å². The van der Waals surface area contributed by atoms with Crippen molar-refractivity contribution in [3.8, 4) is 23.1 Å². The monoisotopic (exact) mass is 813 g/mol. The summed E-state index contributed by atoms with van der Waals surface area (Å²) in [6.07, 6.45) is -0.348. The molecule has 2 aromatic heterocycles. The molecular weight excluding hydrogens is 770 g/mol. The fourth-order valence-electron chi connectivity index (χ4n) is 5.38. The van der Waals surface area contributed by atoms with Crippen molar-refractivity contribution in [2.24, 2.45) is 0 Å². The molecule has 0 spiro atoms. The third-order valence-electron chi connectivity index (χ3n) is 8.07. The van der Waals surface area contributed by atoms with Crippen LogP contribution in [-0.4, -0.2) is 113 Å². The normalized spacial score (nSPS) is 14.0. The number of aromatic nitrogens is 1. The van der Waals surface area contributed by atoms with Crippen LogP contribution in [-0.2, 0) is 57.1 Å². The second-order valence-corrected chi connectivity index (χ2v) is 12.5. The Bertz CT molecular complexity index is 2060. The van der Waals surface area contributed by atoms with Gasteiger partial charge in [-0.1, -0.05) is 6.07 Å². The summed E-state index contributed by atoms with van der Waals surface area (Å²) in [5.41, 5.74) is 2.23. The van der Waals surface area contributed by atoms with E-state index in [-0.39, 0.29) is 70.0 Å². The van der Waals surface area contributed by atoms with Gasteiger partial charge < -0.3 is 66.4 Å². The van der Waals surface area contributed by atoms with Crippen LogP contribution >= 0.6 is 0 Å². The number of aliphatic hydroxyl groups excluding tert-OH is 1. The molecule has 1 atom stereocenters. The summed E-state index contributed by atoms with van der Waals surface area (Å²) in [5.74, 6) is -2.27. The van der Waals surface area contributed by atoms with Gasteiger partial charge >= 0.3 is 29.8 Å². The zero-order chi connectivity index (χ0) is 41.6. The van der Waals surface area contributed by atoms with Crippen LogP contribution in [0.4, 0.5) is 11.4 Å². The van der Waals surface area contributed by atoms with E-state index < -0.39 is 56.5 Å². The molecule has 20 nitrogen and oxygen atoms in total. The van der Waals surface area contributed by atoms with Gasteiger partial charge in [-0.15, -0.1) is 0 Å². The number of carbonyl (C=O) groups is 5. The maximum Gasteiger partial charge on any atom is 0.328 e. The summed E-state index contributed by atoms with van der Waals surface area (Å²) in [4.78, 5) is 66.7. The molecule has 0 aliphatic carbocycles. The van der Waals surface area contributed by atoms with Gasteiger partial charge in [-0.2, -0.15) is 0 Å². The highest BCUT2D eigenvalue weighted by molar-refractivity contribution is 5.89. The summed E-state index contributed by atoms with van der Waals surface area (Å²) < 4.78 is 59.7. The Balaban J connectivity index is 1.42. The van der Waals surface area contributed by atoms with Crippen molar-refractivity contribution in [2.45, 2.75) is 34.0 Å². The molecule has 0 fully saturated rings. The molecule has 58 heavy (non-hydrogen) atoms. The lowest BCUT2D eigenvalue weighted by Gasteiger charge is -2.27. The van der Waals surface area contributed by atoms with E-state index in [1.54, 1.807) is 28.0 Å². The van der Waals surface area contributed by atoms with Gasteiger partial charge in [-0.25, -0.2) is 4.98 Å². The van der Waals surface area contributed by atoms with Gasteiger partial charge in [0.1, 0.15) is 43.4 Å². The van der Waals surface area contributed by atoms with Crippen LogP contribution in [0.2, 0.25) is 0 Å². The zero-order valence-corrected chi connectivity index (χ0v) is 32.2. The Labute approximate surface area is 331 Å². The molecule has 0 bridgehead atoms. The van der Waals surface area contributed by atoms with Crippen LogP contribution in [0.3, 0.4) is 0 Å². The van der Waals surface area contributed by atoms with Gasteiger partial charge in [0.15, 0.2) is 18.3 Å². The number of aliphatic hydroxyl groups is 1. The van der Waals surface area contributed by atoms with E-state index >= 15 is 0 Å². The van der Waals surface area contributed by atoms with Crippen molar-refractivity contribution in [3.05, 3.63) is 53.9 Å². The molecular formula is C38H43N3O17. The number of hydrogen-bond donors (Lipinski definition) is 1. The van der Waals surface area contributed by atoms with Crippen molar-refractivity contribution in [3.63, 3.8) is 0 Å². The number of nitrogens with zero attached hydrogens (tertiary/aromatic N) is 3. The fourth-order valence-corrected chi connectivity index (χ4v) is 5.38. The minimum atomic E-state index is -1.58. The maximum atomic E-state index is 13.0. The highest BCUT2D eigenvalue weighted by atomic mass is 16.7. The van der Waals surface area contributed by atoms with E-state index in [4.69, 9.17) is 46.7 Å². The Kier molecular flexibility index (Phi) is 15.2. The van der Waals surface area contributed by atoms with Crippen molar-refractivity contribution >= 4 is 52.2 Å². The quantitative estimate of drug-likeness (QED) is 0.116. The van der Waals surface area contributed by atoms with E-state index in [1.165, 1.54) is 27.0 Å². The lowest BCUT2D eigenvalue weighted by Crippen LogP contribution is -2.36. The van der Waals surface area contributed by atoms with Gasteiger partial charge in [0.05, 0.1) is 30.8 Å². The first-order valence-corrected chi connectivity index (χ1v) is 17.8. The standard InChI is InChI=1S/C38H43N3O17/c1-23-5-6-28-31(13-23)49-11-12-50-32-14-27-15-33(37-39-17-34(58-37)38(47)56-22-53-26(4)44)57-30(27)16-29(32)41(19-36(46)55-21-52-25(3)43)8-10-48-9-7-40(28)18-35(45)54-20-51-24(2)42/h5-6,13-17,38,47H,7-12,18-22H2,1-4H3. The predicted octanol–water partition coefficient (Wildman–Crippen LogP) is 3.15. The molecule has 5 rings (SSSR count). The number of hydrogen-bond acceptors (Lipinski definition) is 20. The number of fused-ring (bicyclic) bond motifs is 3. The Morgan fingerprint density at radius 2 is 1.31 bits per heavy atom. The summed E-state index contributed by atoms with van der Waals surface area (Å²) >= 11 is 0. The molecule has 2 aromatic carbocycles. The smallest absolute Gasteiger partial charge is 0.328 e. The highest BCUT2D eigenvalue weighted by Gasteiger charge is 2.24. The Morgan fingerprint density at radius 1 is 0.724 bits per heavy atom. The molecule has 4 aromatic rings. The third-order valence-corrected chi connectivity index (χ3v) is 8.07. The molecule has 0 saturated heterocycles. The first-order valence-electron chi connectivity index (χ1n) is 17.8. The largest absolute Gasteiger partial charge is 0.488 e. The second kappa shape index (κ2) is 20.7. The van der Waals surface area contributed by atoms with Crippen molar-refractivity contribution in [2.75, 3.05) is 82.8 Å². The van der Waals surface area contributed by atoms with Gasteiger partial charge in [-0.3, -0.25) is 24.0 Å². The summed E-state index contributed by atoms with van der Waals surface area (Å²) in [6, 6.07) is 10.5. The van der Waals surface area contributed by atoms with E-state index in [9.17, 15) is 29.1 Å². The molecule has 1 N–H and O–H groups in total. The first-order chi connectivity index (χ1) is 27.9. The minimum absolute atomic E-state index is 0.00757. The number of carbonyl (C=O) groups excluding carboxylic acids is 5. The number of anilines is 2. The van der Waals surface area contributed by atoms with Crippen LogP contribution in [0.15, 0.2) is 51.4 Å².